The number of benzene rings is 1. The summed E-state index contributed by atoms with van der Waals surface area (Å²) in [6.45, 7) is 3.58. The fourth-order valence-corrected chi connectivity index (χ4v) is 4.14. The highest BCUT2D eigenvalue weighted by molar-refractivity contribution is 5.90. The number of nitrogens with two attached hydrogens (primary N) is 1. The number of aromatic nitrogens is 3. The molecule has 180 valence electrons. The fourth-order valence-electron chi connectivity index (χ4n) is 4.14. The van der Waals surface area contributed by atoms with Crippen LogP contribution >= 0.6 is 0 Å². The molecule has 7 nitrogen and oxygen atoms in total. The second kappa shape index (κ2) is 11.9. The molecule has 0 spiro atoms. The number of nitrogen functional groups attached to an aromatic ring is 1. The summed E-state index contributed by atoms with van der Waals surface area (Å²) < 4.78 is 26.4. The maximum atomic E-state index is 13.3. The van der Waals surface area contributed by atoms with E-state index >= 15 is 0 Å². The van der Waals surface area contributed by atoms with Gasteiger partial charge in [0.25, 0.3) is 0 Å². The molecule has 3 aromatic rings. The molecule has 1 aliphatic rings. The standard InChI is InChI=1S/C26H32FN5O2/c1-33-15-12-23-29-24-21(10-6-3-7-13-31-14-11-22(27)17-31)16-32(25(24)26(28)30-23)19-34-18-20-8-4-2-5-9-20/h2,4-5,8-9,16,22H,3,7,11-15,17-19H2,1H3,(H2,28,29,30). The molecule has 1 aromatic carbocycles. The number of hydrogen-bond acceptors (Lipinski definition) is 6. The van der Waals surface area contributed by atoms with Crippen LogP contribution in [0.15, 0.2) is 36.5 Å². The van der Waals surface area contributed by atoms with E-state index in [1.54, 1.807) is 7.11 Å². The molecule has 0 bridgehead atoms. The average molecular weight is 466 g/mol. The Morgan fingerprint density at radius 1 is 1.24 bits per heavy atom. The van der Waals surface area contributed by atoms with Gasteiger partial charge >= 0.3 is 0 Å². The lowest BCUT2D eigenvalue weighted by Crippen LogP contribution is -2.22. The Labute approximate surface area is 200 Å². The van der Waals surface area contributed by atoms with Crippen molar-refractivity contribution in [3.05, 3.63) is 53.5 Å². The molecule has 0 saturated carbocycles. The number of alkyl halides is 1. The van der Waals surface area contributed by atoms with Crippen LogP contribution in [-0.2, 0) is 29.2 Å². The van der Waals surface area contributed by atoms with Crippen LogP contribution in [0.2, 0.25) is 0 Å². The third-order valence-electron chi connectivity index (χ3n) is 5.87. The Kier molecular flexibility index (Phi) is 8.47. The van der Waals surface area contributed by atoms with Gasteiger partial charge in [0.05, 0.1) is 18.8 Å². The molecule has 0 radical (unpaired) electrons. The molecule has 1 saturated heterocycles. The Morgan fingerprint density at radius 2 is 2.09 bits per heavy atom. The van der Waals surface area contributed by atoms with Crippen molar-refractivity contribution in [3.8, 4) is 11.8 Å². The highest BCUT2D eigenvalue weighted by Crippen LogP contribution is 2.24. The summed E-state index contributed by atoms with van der Waals surface area (Å²) in [7, 11) is 1.65. The molecule has 0 aliphatic carbocycles. The smallest absolute Gasteiger partial charge is 0.151 e. The number of unbranched alkanes of at least 4 members (excludes halogenated alkanes) is 1. The average Bonchev–Trinajstić information content (AvgIpc) is 3.41. The fraction of sp³-hybridized carbons (Fsp3) is 0.462. The van der Waals surface area contributed by atoms with Gasteiger partial charge in [0, 0.05) is 39.2 Å². The van der Waals surface area contributed by atoms with E-state index in [0.29, 0.717) is 51.0 Å². The summed E-state index contributed by atoms with van der Waals surface area (Å²) in [4.78, 5) is 11.4. The van der Waals surface area contributed by atoms with E-state index in [4.69, 9.17) is 20.2 Å². The summed E-state index contributed by atoms with van der Waals surface area (Å²) in [6.07, 6.45) is 4.12. The molecule has 4 rings (SSSR count). The lowest BCUT2D eigenvalue weighted by Gasteiger charge is -2.12. The monoisotopic (exact) mass is 465 g/mol. The number of nitrogens with zero attached hydrogens (tertiary/aromatic N) is 4. The van der Waals surface area contributed by atoms with E-state index in [2.05, 4.69) is 21.7 Å². The second-order valence-electron chi connectivity index (χ2n) is 8.53. The van der Waals surface area contributed by atoms with Gasteiger partial charge in [0.2, 0.25) is 0 Å². The first-order valence-electron chi connectivity index (χ1n) is 11.7. The molecule has 1 unspecified atom stereocenters. The maximum absolute atomic E-state index is 13.3. The molecule has 34 heavy (non-hydrogen) atoms. The SMILES string of the molecule is COCCc1nc(N)c2c(n1)c(C#CCCCN1CCC(F)C1)cn2COCc1ccccc1. The van der Waals surface area contributed by atoms with Crippen molar-refractivity contribution < 1.29 is 13.9 Å². The molecule has 0 amide bonds. The van der Waals surface area contributed by atoms with Gasteiger partial charge in [0.15, 0.2) is 5.82 Å². The molecule has 3 heterocycles. The lowest BCUT2D eigenvalue weighted by atomic mass is 10.2. The van der Waals surface area contributed by atoms with Crippen LogP contribution in [0.25, 0.3) is 11.0 Å². The van der Waals surface area contributed by atoms with Crippen LogP contribution < -0.4 is 5.73 Å². The van der Waals surface area contributed by atoms with Crippen LogP contribution in [0.3, 0.4) is 0 Å². The third kappa shape index (κ3) is 6.32. The first-order chi connectivity index (χ1) is 16.6. The normalized spacial score (nSPS) is 16.1. The zero-order chi connectivity index (χ0) is 23.8. The quantitative estimate of drug-likeness (QED) is 0.364. The second-order valence-corrected chi connectivity index (χ2v) is 8.53. The van der Waals surface area contributed by atoms with Gasteiger partial charge in [0.1, 0.15) is 29.8 Å². The number of hydrogen-bond donors (Lipinski definition) is 1. The first kappa shape index (κ1) is 24.1. The third-order valence-corrected chi connectivity index (χ3v) is 5.87. The first-order valence-corrected chi connectivity index (χ1v) is 11.7. The number of anilines is 1. The zero-order valence-corrected chi connectivity index (χ0v) is 19.7. The summed E-state index contributed by atoms with van der Waals surface area (Å²) in [6, 6.07) is 10.0. The molecule has 1 aliphatic heterocycles. The van der Waals surface area contributed by atoms with Crippen molar-refractivity contribution in [1.29, 1.82) is 0 Å². The summed E-state index contributed by atoms with van der Waals surface area (Å²) in [5, 5.41) is 0. The maximum Gasteiger partial charge on any atom is 0.151 e. The predicted octanol–water partition coefficient (Wildman–Crippen LogP) is 3.55. The molecular weight excluding hydrogens is 433 g/mol. The number of likely N-dealkylation sites (tertiary alicyclic amines) is 1. The van der Waals surface area contributed by atoms with Gasteiger partial charge in [-0.2, -0.15) is 0 Å². The van der Waals surface area contributed by atoms with Crippen molar-refractivity contribution >= 4 is 16.9 Å². The summed E-state index contributed by atoms with van der Waals surface area (Å²) in [5.74, 6) is 7.56. The van der Waals surface area contributed by atoms with Crippen molar-refractivity contribution in [2.45, 2.75) is 45.2 Å². The van der Waals surface area contributed by atoms with Gasteiger partial charge in [-0.3, -0.25) is 0 Å². The largest absolute Gasteiger partial charge is 0.384 e. The van der Waals surface area contributed by atoms with Crippen LogP contribution in [0.1, 0.15) is 36.2 Å². The minimum atomic E-state index is -0.682. The minimum Gasteiger partial charge on any atom is -0.384 e. The highest BCUT2D eigenvalue weighted by atomic mass is 19.1. The number of rotatable bonds is 10. The van der Waals surface area contributed by atoms with Gasteiger partial charge in [-0.1, -0.05) is 42.2 Å². The number of fused-ring (bicyclic) bond motifs is 1. The van der Waals surface area contributed by atoms with E-state index in [1.807, 2.05) is 41.1 Å². The van der Waals surface area contributed by atoms with E-state index in [1.165, 1.54) is 0 Å². The summed E-state index contributed by atoms with van der Waals surface area (Å²) >= 11 is 0. The Bertz CT molecular complexity index is 1140. The van der Waals surface area contributed by atoms with Gasteiger partial charge in [-0.15, -0.1) is 0 Å². The van der Waals surface area contributed by atoms with Crippen LogP contribution in [0.4, 0.5) is 10.2 Å². The zero-order valence-electron chi connectivity index (χ0n) is 19.7. The van der Waals surface area contributed by atoms with E-state index in [0.717, 1.165) is 48.1 Å². The Hall–Kier alpha value is -2.99. The molecule has 2 aromatic heterocycles. The number of halogens is 1. The van der Waals surface area contributed by atoms with E-state index < -0.39 is 6.17 Å². The van der Waals surface area contributed by atoms with Crippen molar-refractivity contribution in [1.82, 2.24) is 19.4 Å². The minimum absolute atomic E-state index is 0.317. The van der Waals surface area contributed by atoms with E-state index in [9.17, 15) is 4.39 Å². The van der Waals surface area contributed by atoms with Crippen molar-refractivity contribution in [2.75, 3.05) is 39.1 Å². The van der Waals surface area contributed by atoms with E-state index in [-0.39, 0.29) is 0 Å². The highest BCUT2D eigenvalue weighted by Gasteiger charge is 2.20. The van der Waals surface area contributed by atoms with Crippen LogP contribution in [0.5, 0.6) is 0 Å². The topological polar surface area (TPSA) is 78.4 Å². The van der Waals surface area contributed by atoms with Crippen molar-refractivity contribution in [2.24, 2.45) is 0 Å². The van der Waals surface area contributed by atoms with Crippen LogP contribution in [0, 0.1) is 11.8 Å². The Balaban J connectivity index is 1.48. The van der Waals surface area contributed by atoms with Gasteiger partial charge < -0.3 is 24.7 Å². The Morgan fingerprint density at radius 3 is 2.85 bits per heavy atom. The number of ether oxygens (including phenoxy) is 2. The van der Waals surface area contributed by atoms with Crippen LogP contribution in [-0.4, -0.2) is 59.0 Å². The predicted molar refractivity (Wildman–Crippen MR) is 131 cm³/mol. The van der Waals surface area contributed by atoms with Gasteiger partial charge in [-0.05, 0) is 24.9 Å². The van der Waals surface area contributed by atoms with Gasteiger partial charge in [-0.25, -0.2) is 14.4 Å². The molecule has 8 heteroatoms. The van der Waals surface area contributed by atoms with Crippen molar-refractivity contribution in [3.63, 3.8) is 0 Å². The molecular formula is C26H32FN5O2. The summed E-state index contributed by atoms with van der Waals surface area (Å²) in [5.41, 5.74) is 9.69. The molecule has 2 N–H and O–H groups in total. The molecule has 1 fully saturated rings. The molecule has 1 atom stereocenters. The number of methoxy groups -OCH3 is 1. The lowest BCUT2D eigenvalue weighted by molar-refractivity contribution is 0.0668.